The zero-order valence-corrected chi connectivity index (χ0v) is 20.0. The Morgan fingerprint density at radius 1 is 1.33 bits per heavy atom. The molecule has 0 spiro atoms. The maximum absolute atomic E-state index is 5.34. The average Bonchev–Trinajstić information content (AvgIpc) is 3.13. The molecule has 0 aliphatic heterocycles. The molecule has 2 unspecified atom stereocenters. The monoisotopic (exact) mass is 502 g/mol. The SMILES string of the molecule is CCC(CNC(=NC)N(C)Cc1csc(C(C)OC)n1)c1ccccc1.I. The van der Waals surface area contributed by atoms with Crippen molar-refractivity contribution in [3.63, 3.8) is 0 Å². The molecule has 27 heavy (non-hydrogen) atoms. The van der Waals surface area contributed by atoms with Crippen molar-refractivity contribution in [2.45, 2.75) is 38.8 Å². The van der Waals surface area contributed by atoms with Crippen molar-refractivity contribution in [1.29, 1.82) is 0 Å². The van der Waals surface area contributed by atoms with Crippen molar-refractivity contribution in [1.82, 2.24) is 15.2 Å². The van der Waals surface area contributed by atoms with Gasteiger partial charge in [-0.2, -0.15) is 0 Å². The van der Waals surface area contributed by atoms with Gasteiger partial charge in [0.15, 0.2) is 5.96 Å². The fraction of sp³-hybridized carbons (Fsp3) is 0.500. The molecule has 5 nitrogen and oxygen atoms in total. The van der Waals surface area contributed by atoms with Gasteiger partial charge in [0.05, 0.1) is 12.2 Å². The van der Waals surface area contributed by atoms with Crippen LogP contribution in [-0.4, -0.2) is 43.6 Å². The van der Waals surface area contributed by atoms with Crippen molar-refractivity contribution >= 4 is 41.3 Å². The van der Waals surface area contributed by atoms with Gasteiger partial charge in [0.2, 0.25) is 0 Å². The van der Waals surface area contributed by atoms with E-state index in [0.29, 0.717) is 5.92 Å². The molecular weight excluding hydrogens is 471 g/mol. The lowest BCUT2D eigenvalue weighted by atomic mass is 9.97. The summed E-state index contributed by atoms with van der Waals surface area (Å²) in [4.78, 5) is 11.2. The van der Waals surface area contributed by atoms with Gasteiger partial charge in [-0.1, -0.05) is 37.3 Å². The normalized spacial score (nSPS) is 13.6. The fourth-order valence-corrected chi connectivity index (χ4v) is 3.66. The molecule has 0 amide bonds. The van der Waals surface area contributed by atoms with Crippen LogP contribution in [0.3, 0.4) is 0 Å². The van der Waals surface area contributed by atoms with Gasteiger partial charge in [-0.05, 0) is 18.9 Å². The Hall–Kier alpha value is -1.19. The lowest BCUT2D eigenvalue weighted by Gasteiger charge is -2.24. The molecule has 150 valence electrons. The molecule has 2 atom stereocenters. The molecule has 2 rings (SSSR count). The first-order chi connectivity index (χ1) is 12.6. The van der Waals surface area contributed by atoms with Crippen molar-refractivity contribution in [2.75, 3.05) is 27.7 Å². The third kappa shape index (κ3) is 7.04. The summed E-state index contributed by atoms with van der Waals surface area (Å²) in [5, 5.41) is 6.61. The van der Waals surface area contributed by atoms with E-state index in [-0.39, 0.29) is 30.1 Å². The van der Waals surface area contributed by atoms with Gasteiger partial charge in [0.25, 0.3) is 0 Å². The van der Waals surface area contributed by atoms with E-state index in [1.165, 1.54) is 5.56 Å². The minimum Gasteiger partial charge on any atom is -0.375 e. The number of methoxy groups -OCH3 is 1. The fourth-order valence-electron chi connectivity index (χ4n) is 2.82. The van der Waals surface area contributed by atoms with E-state index in [9.17, 15) is 0 Å². The Labute approximate surface area is 184 Å². The van der Waals surface area contributed by atoms with Crippen LogP contribution < -0.4 is 5.32 Å². The number of nitrogens with one attached hydrogen (secondary N) is 1. The molecule has 0 aliphatic rings. The lowest BCUT2D eigenvalue weighted by molar-refractivity contribution is 0.119. The number of benzene rings is 1. The Morgan fingerprint density at radius 2 is 2.04 bits per heavy atom. The highest BCUT2D eigenvalue weighted by molar-refractivity contribution is 14.0. The van der Waals surface area contributed by atoms with Crippen LogP contribution in [0.15, 0.2) is 40.7 Å². The van der Waals surface area contributed by atoms with Crippen LogP contribution in [0.5, 0.6) is 0 Å². The molecule has 0 saturated heterocycles. The molecular formula is C20H31IN4OS. The van der Waals surface area contributed by atoms with Gasteiger partial charge >= 0.3 is 0 Å². The summed E-state index contributed by atoms with van der Waals surface area (Å²) in [6.45, 7) is 5.82. The van der Waals surface area contributed by atoms with Gasteiger partial charge in [-0.3, -0.25) is 4.99 Å². The van der Waals surface area contributed by atoms with Gasteiger partial charge in [0.1, 0.15) is 11.1 Å². The number of guanidine groups is 1. The van der Waals surface area contributed by atoms with Crippen LogP contribution in [0.4, 0.5) is 0 Å². The number of ether oxygens (including phenoxy) is 1. The molecule has 0 aliphatic carbocycles. The average molecular weight is 502 g/mol. The number of aliphatic imine (C=N–C) groups is 1. The smallest absolute Gasteiger partial charge is 0.193 e. The highest BCUT2D eigenvalue weighted by Gasteiger charge is 2.14. The van der Waals surface area contributed by atoms with Crippen molar-refractivity contribution in [3.05, 3.63) is 52.0 Å². The second-order valence-corrected chi connectivity index (χ2v) is 7.24. The molecule has 1 heterocycles. The molecule has 0 fully saturated rings. The van der Waals surface area contributed by atoms with E-state index in [1.807, 2.05) is 21.0 Å². The van der Waals surface area contributed by atoms with Crippen LogP contribution in [0.2, 0.25) is 0 Å². The second kappa shape index (κ2) is 12.3. The van der Waals surface area contributed by atoms with Gasteiger partial charge in [-0.15, -0.1) is 35.3 Å². The van der Waals surface area contributed by atoms with Crippen LogP contribution >= 0.6 is 35.3 Å². The zero-order valence-electron chi connectivity index (χ0n) is 16.8. The topological polar surface area (TPSA) is 49.8 Å². The number of nitrogens with zero attached hydrogens (tertiary/aromatic N) is 3. The second-order valence-electron chi connectivity index (χ2n) is 6.36. The number of thiazole rings is 1. The standard InChI is InChI=1S/C20H30N4OS.HI/c1-6-16(17-10-8-7-9-11-17)12-22-20(21-3)24(4)13-18-14-26-19(23-18)15(2)25-5;/h7-11,14-16H,6,12-13H2,1-5H3,(H,21,22);1H. The van der Waals surface area contributed by atoms with Crippen LogP contribution in [-0.2, 0) is 11.3 Å². The number of hydrogen-bond donors (Lipinski definition) is 1. The van der Waals surface area contributed by atoms with Gasteiger partial charge in [0, 0.05) is 39.0 Å². The molecule has 2 aromatic rings. The van der Waals surface area contributed by atoms with Crippen LogP contribution in [0, 0.1) is 0 Å². The quantitative estimate of drug-likeness (QED) is 0.324. The predicted octanol–water partition coefficient (Wildman–Crippen LogP) is 4.67. The first-order valence-electron chi connectivity index (χ1n) is 9.02. The summed E-state index contributed by atoms with van der Waals surface area (Å²) in [5.74, 6) is 1.35. The molecule has 0 saturated carbocycles. The Bertz CT molecular complexity index is 692. The van der Waals surface area contributed by atoms with Crippen molar-refractivity contribution < 1.29 is 4.74 Å². The molecule has 0 bridgehead atoms. The largest absolute Gasteiger partial charge is 0.375 e. The summed E-state index contributed by atoms with van der Waals surface area (Å²) in [6.07, 6.45) is 1.12. The number of halogens is 1. The summed E-state index contributed by atoms with van der Waals surface area (Å²) in [7, 11) is 5.57. The molecule has 1 aromatic heterocycles. The number of aromatic nitrogens is 1. The van der Waals surface area contributed by atoms with E-state index in [2.05, 4.69) is 62.8 Å². The first kappa shape index (κ1) is 23.8. The Balaban J connectivity index is 0.00000364. The maximum Gasteiger partial charge on any atom is 0.193 e. The Kier molecular flexibility index (Phi) is 10.9. The van der Waals surface area contributed by atoms with E-state index >= 15 is 0 Å². The highest BCUT2D eigenvalue weighted by atomic mass is 127. The lowest BCUT2D eigenvalue weighted by Crippen LogP contribution is -2.40. The summed E-state index contributed by atoms with van der Waals surface area (Å²) in [5.41, 5.74) is 2.40. The minimum absolute atomic E-state index is 0. The number of hydrogen-bond acceptors (Lipinski definition) is 4. The van der Waals surface area contributed by atoms with Crippen LogP contribution in [0.25, 0.3) is 0 Å². The van der Waals surface area contributed by atoms with E-state index in [1.54, 1.807) is 18.4 Å². The molecule has 1 aromatic carbocycles. The summed E-state index contributed by atoms with van der Waals surface area (Å²) in [6, 6.07) is 10.6. The summed E-state index contributed by atoms with van der Waals surface area (Å²) < 4.78 is 5.34. The summed E-state index contributed by atoms with van der Waals surface area (Å²) >= 11 is 1.64. The highest BCUT2D eigenvalue weighted by Crippen LogP contribution is 2.21. The Morgan fingerprint density at radius 3 is 2.63 bits per heavy atom. The van der Waals surface area contributed by atoms with E-state index in [4.69, 9.17) is 4.74 Å². The van der Waals surface area contributed by atoms with Crippen molar-refractivity contribution in [3.8, 4) is 0 Å². The van der Waals surface area contributed by atoms with E-state index < -0.39 is 0 Å². The van der Waals surface area contributed by atoms with Crippen LogP contribution in [0.1, 0.15) is 48.6 Å². The number of rotatable bonds is 8. The van der Waals surface area contributed by atoms with Gasteiger partial charge < -0.3 is 15.0 Å². The predicted molar refractivity (Wildman–Crippen MR) is 125 cm³/mol. The third-order valence-corrected chi connectivity index (χ3v) is 5.57. The van der Waals surface area contributed by atoms with Crippen molar-refractivity contribution in [2.24, 2.45) is 4.99 Å². The third-order valence-electron chi connectivity index (χ3n) is 4.51. The minimum atomic E-state index is 0. The zero-order chi connectivity index (χ0) is 18.9. The maximum atomic E-state index is 5.34. The molecule has 0 radical (unpaired) electrons. The van der Waals surface area contributed by atoms with Gasteiger partial charge in [-0.25, -0.2) is 4.98 Å². The molecule has 1 N–H and O–H groups in total. The van der Waals surface area contributed by atoms with E-state index in [0.717, 1.165) is 36.2 Å². The molecule has 7 heteroatoms. The first-order valence-corrected chi connectivity index (χ1v) is 9.90.